The Labute approximate surface area is 174 Å². The topological polar surface area (TPSA) is 110 Å². The van der Waals surface area contributed by atoms with Crippen LogP contribution in [-0.2, 0) is 19.9 Å². The molecule has 1 aromatic carbocycles. The molecule has 2 unspecified atom stereocenters. The van der Waals surface area contributed by atoms with Crippen molar-refractivity contribution in [2.24, 2.45) is 17.6 Å². The predicted molar refractivity (Wildman–Crippen MR) is 113 cm³/mol. The van der Waals surface area contributed by atoms with Crippen LogP contribution in [0.2, 0.25) is 0 Å². The van der Waals surface area contributed by atoms with E-state index in [9.17, 15) is 19.8 Å². The molecule has 1 fully saturated rings. The number of carboxylic acid groups (broad SMARTS) is 1. The summed E-state index contributed by atoms with van der Waals surface area (Å²) < 4.78 is 4.94. The van der Waals surface area contributed by atoms with Crippen LogP contribution in [0.3, 0.4) is 0 Å². The van der Waals surface area contributed by atoms with Gasteiger partial charge >= 0.3 is 11.9 Å². The van der Waals surface area contributed by atoms with E-state index in [1.54, 1.807) is 24.3 Å². The Bertz CT molecular complexity index is 613. The number of hydrogen-bond donors (Lipinski definition) is 3. The van der Waals surface area contributed by atoms with Crippen LogP contribution in [-0.4, -0.2) is 34.8 Å². The number of carboxylic acids is 1. The lowest BCUT2D eigenvalue weighted by Gasteiger charge is -2.35. The van der Waals surface area contributed by atoms with Crippen LogP contribution < -0.4 is 5.73 Å². The highest BCUT2D eigenvalue weighted by Crippen LogP contribution is 2.39. The first-order valence-corrected chi connectivity index (χ1v) is 10.7. The average molecular weight is 408 g/mol. The van der Waals surface area contributed by atoms with E-state index in [4.69, 9.17) is 10.5 Å². The molecule has 0 radical (unpaired) electrons. The second-order valence-corrected chi connectivity index (χ2v) is 8.06. The Morgan fingerprint density at radius 2 is 1.76 bits per heavy atom. The van der Waals surface area contributed by atoms with Gasteiger partial charge in [0.1, 0.15) is 6.04 Å². The fourth-order valence-electron chi connectivity index (χ4n) is 3.43. The molecule has 0 aliphatic heterocycles. The molecule has 164 valence electrons. The molecule has 6 nitrogen and oxygen atoms in total. The van der Waals surface area contributed by atoms with E-state index in [0.717, 1.165) is 44.9 Å². The number of esters is 1. The van der Waals surface area contributed by atoms with Crippen molar-refractivity contribution in [2.45, 2.75) is 77.4 Å². The van der Waals surface area contributed by atoms with Crippen molar-refractivity contribution in [3.05, 3.63) is 35.9 Å². The maximum Gasteiger partial charge on any atom is 0.340 e. The van der Waals surface area contributed by atoms with Crippen molar-refractivity contribution in [3.8, 4) is 0 Å². The second kappa shape index (κ2) is 12.6. The Balaban J connectivity index is 0.000000311. The van der Waals surface area contributed by atoms with Gasteiger partial charge in [0.2, 0.25) is 0 Å². The highest BCUT2D eigenvalue weighted by molar-refractivity contribution is 5.79. The summed E-state index contributed by atoms with van der Waals surface area (Å²) in [5, 5.41) is 20.0. The first-order valence-electron chi connectivity index (χ1n) is 10.7. The number of ether oxygens (including phenoxy) is 1. The van der Waals surface area contributed by atoms with Crippen molar-refractivity contribution >= 4 is 11.9 Å². The zero-order chi connectivity index (χ0) is 21.9. The van der Waals surface area contributed by atoms with E-state index >= 15 is 0 Å². The predicted octanol–water partition coefficient (Wildman–Crippen LogP) is 3.85. The van der Waals surface area contributed by atoms with Gasteiger partial charge in [-0.05, 0) is 30.7 Å². The monoisotopic (exact) mass is 407 g/mol. The molecule has 1 aliphatic rings. The minimum absolute atomic E-state index is 0.152. The lowest BCUT2D eigenvalue weighted by molar-refractivity contribution is -0.168. The summed E-state index contributed by atoms with van der Waals surface area (Å²) >= 11 is 0. The number of hydrogen-bond acceptors (Lipinski definition) is 5. The van der Waals surface area contributed by atoms with E-state index in [1.165, 1.54) is 0 Å². The molecule has 1 aromatic rings. The van der Waals surface area contributed by atoms with Gasteiger partial charge in [0.05, 0.1) is 6.61 Å². The highest BCUT2D eigenvalue weighted by Gasteiger charge is 2.45. The van der Waals surface area contributed by atoms with Crippen LogP contribution in [0.15, 0.2) is 30.3 Å². The second-order valence-electron chi connectivity index (χ2n) is 8.06. The molecule has 0 spiro atoms. The van der Waals surface area contributed by atoms with E-state index in [-0.39, 0.29) is 17.8 Å². The maximum absolute atomic E-state index is 11.5. The van der Waals surface area contributed by atoms with Crippen molar-refractivity contribution in [1.29, 1.82) is 0 Å². The number of benzene rings is 1. The zero-order valence-corrected chi connectivity index (χ0v) is 18.0. The molecule has 0 saturated heterocycles. The van der Waals surface area contributed by atoms with Gasteiger partial charge in [0.15, 0.2) is 5.60 Å². The Hall–Kier alpha value is -1.92. The third kappa shape index (κ3) is 7.44. The fourth-order valence-corrected chi connectivity index (χ4v) is 3.43. The normalized spacial score (nSPS) is 17.6. The van der Waals surface area contributed by atoms with Gasteiger partial charge in [-0.2, -0.15) is 0 Å². The van der Waals surface area contributed by atoms with Gasteiger partial charge in [-0.25, -0.2) is 4.79 Å². The molecule has 29 heavy (non-hydrogen) atoms. The molecule has 1 aliphatic carbocycles. The van der Waals surface area contributed by atoms with Gasteiger partial charge in [-0.15, -0.1) is 0 Å². The molecule has 0 heterocycles. The summed E-state index contributed by atoms with van der Waals surface area (Å²) in [4.78, 5) is 22.6. The number of carbonyl (C=O) groups is 2. The molecule has 2 atom stereocenters. The first-order chi connectivity index (χ1) is 13.7. The first kappa shape index (κ1) is 25.1. The summed E-state index contributed by atoms with van der Waals surface area (Å²) in [6.45, 7) is 6.36. The number of aliphatic hydroxyl groups is 1. The molecule has 6 heteroatoms. The standard InChI is InChI=1S/C14H18O3.C9H19NO2/c15-13(16)14(17,11-7-3-1-4-8-11)12-9-5-2-6-10-12;1-4-5-6-12-9(11)8(10)7(2)3/h1,3-4,7-8,12,17H,2,5-6,9-10H2,(H,15,16);7-8H,4-6,10H2,1-3H3. The molecule has 1 saturated carbocycles. The SMILES string of the molecule is CCCCOC(=O)C(N)C(C)C.O=C(O)C(O)(c1ccccc1)C1CCCCC1. The van der Waals surface area contributed by atoms with Crippen LogP contribution in [0, 0.1) is 11.8 Å². The zero-order valence-electron chi connectivity index (χ0n) is 18.0. The lowest BCUT2D eigenvalue weighted by Crippen LogP contribution is -2.43. The number of rotatable bonds is 8. The van der Waals surface area contributed by atoms with Crippen molar-refractivity contribution in [3.63, 3.8) is 0 Å². The third-order valence-electron chi connectivity index (χ3n) is 5.47. The maximum atomic E-state index is 11.5. The minimum atomic E-state index is -1.72. The molecule has 0 aromatic heterocycles. The van der Waals surface area contributed by atoms with E-state index < -0.39 is 17.6 Å². The lowest BCUT2D eigenvalue weighted by atomic mass is 9.73. The van der Waals surface area contributed by atoms with E-state index in [1.807, 2.05) is 19.9 Å². The summed E-state index contributed by atoms with van der Waals surface area (Å²) in [5.74, 6) is -1.43. The van der Waals surface area contributed by atoms with Gasteiger partial charge in [0, 0.05) is 5.92 Å². The van der Waals surface area contributed by atoms with Crippen molar-refractivity contribution in [1.82, 2.24) is 0 Å². The Morgan fingerprint density at radius 1 is 1.17 bits per heavy atom. The third-order valence-corrected chi connectivity index (χ3v) is 5.47. The Morgan fingerprint density at radius 3 is 2.24 bits per heavy atom. The molecule has 2 rings (SSSR count). The van der Waals surface area contributed by atoms with Crippen LogP contribution in [0.1, 0.15) is 71.3 Å². The summed E-state index contributed by atoms with van der Waals surface area (Å²) in [6, 6.07) is 8.29. The van der Waals surface area contributed by atoms with Crippen LogP contribution in [0.5, 0.6) is 0 Å². The molecular weight excluding hydrogens is 370 g/mol. The number of aliphatic carboxylic acids is 1. The van der Waals surface area contributed by atoms with Crippen LogP contribution in [0.4, 0.5) is 0 Å². The molecule has 4 N–H and O–H groups in total. The number of carbonyl (C=O) groups excluding carboxylic acids is 1. The number of nitrogens with two attached hydrogens (primary N) is 1. The smallest absolute Gasteiger partial charge is 0.340 e. The van der Waals surface area contributed by atoms with Crippen LogP contribution in [0.25, 0.3) is 0 Å². The fraction of sp³-hybridized carbons (Fsp3) is 0.652. The molecule has 0 bridgehead atoms. The summed E-state index contributed by atoms with van der Waals surface area (Å²) in [7, 11) is 0. The van der Waals surface area contributed by atoms with Crippen molar-refractivity contribution < 1.29 is 24.5 Å². The molecule has 0 amide bonds. The average Bonchev–Trinajstić information content (AvgIpc) is 2.74. The quantitative estimate of drug-likeness (QED) is 0.446. The Kier molecular flexibility index (Phi) is 10.9. The highest BCUT2D eigenvalue weighted by atomic mass is 16.5. The van der Waals surface area contributed by atoms with Crippen molar-refractivity contribution in [2.75, 3.05) is 6.61 Å². The minimum Gasteiger partial charge on any atom is -0.479 e. The van der Waals surface area contributed by atoms with Gasteiger partial charge in [0.25, 0.3) is 0 Å². The van der Waals surface area contributed by atoms with Gasteiger partial charge in [-0.1, -0.05) is 76.8 Å². The summed E-state index contributed by atoms with van der Waals surface area (Å²) in [5.41, 5.74) is 4.35. The van der Waals surface area contributed by atoms with E-state index in [2.05, 4.69) is 6.92 Å². The van der Waals surface area contributed by atoms with Gasteiger partial charge < -0.3 is 20.7 Å². The van der Waals surface area contributed by atoms with Gasteiger partial charge in [-0.3, -0.25) is 4.79 Å². The largest absolute Gasteiger partial charge is 0.479 e. The summed E-state index contributed by atoms with van der Waals surface area (Å²) in [6.07, 6.45) is 6.68. The van der Waals surface area contributed by atoms with Crippen LogP contribution >= 0.6 is 0 Å². The van der Waals surface area contributed by atoms with E-state index in [0.29, 0.717) is 12.2 Å². The molecular formula is C23H37NO5. The number of unbranched alkanes of at least 4 members (excludes halogenated alkanes) is 1.